The molecule has 20 heavy (non-hydrogen) atoms. The predicted octanol–water partition coefficient (Wildman–Crippen LogP) is 0.169. The molecule has 0 spiro atoms. The predicted molar refractivity (Wildman–Crippen MR) is 70.4 cm³/mol. The highest BCUT2D eigenvalue weighted by Gasteiger charge is 2.22. The summed E-state index contributed by atoms with van der Waals surface area (Å²) in [6, 6.07) is 3.59. The molecule has 0 saturated carbocycles. The fourth-order valence-electron chi connectivity index (χ4n) is 1.57. The van der Waals surface area contributed by atoms with Gasteiger partial charge >= 0.3 is 5.97 Å². The summed E-state index contributed by atoms with van der Waals surface area (Å²) in [6.45, 7) is -0.0802. The highest BCUT2D eigenvalue weighted by atomic mass is 32.2. The van der Waals surface area contributed by atoms with Crippen molar-refractivity contribution in [2.24, 2.45) is 0 Å². The van der Waals surface area contributed by atoms with E-state index in [9.17, 15) is 13.2 Å². The number of nitrogens with zero attached hydrogens (tertiary/aromatic N) is 1. The van der Waals surface area contributed by atoms with Gasteiger partial charge in [0, 0.05) is 18.1 Å². The zero-order valence-corrected chi connectivity index (χ0v) is 11.0. The number of anilines is 1. The molecule has 1 aromatic heterocycles. The normalized spacial score (nSPS) is 11.4. The third-order valence-corrected chi connectivity index (χ3v) is 3.95. The van der Waals surface area contributed by atoms with E-state index in [-0.39, 0.29) is 22.7 Å². The van der Waals surface area contributed by atoms with Crippen LogP contribution in [0.1, 0.15) is 16.2 Å². The van der Waals surface area contributed by atoms with Crippen LogP contribution in [0.3, 0.4) is 0 Å². The van der Waals surface area contributed by atoms with Gasteiger partial charge in [-0.15, -0.1) is 0 Å². The molecular weight excluding hydrogens is 284 g/mol. The van der Waals surface area contributed by atoms with Crippen LogP contribution in [0, 0.1) is 0 Å². The molecule has 8 nitrogen and oxygen atoms in total. The number of rotatable bonds is 5. The minimum atomic E-state index is -4.01. The highest BCUT2D eigenvalue weighted by molar-refractivity contribution is 7.89. The van der Waals surface area contributed by atoms with E-state index in [0.717, 1.165) is 12.1 Å². The minimum absolute atomic E-state index is 0.0802. The Kier molecular flexibility index (Phi) is 3.72. The molecule has 0 atom stereocenters. The van der Waals surface area contributed by atoms with E-state index in [1.165, 1.54) is 12.3 Å². The van der Waals surface area contributed by atoms with Crippen molar-refractivity contribution in [3.8, 4) is 0 Å². The maximum absolute atomic E-state index is 12.1. The standard InChI is InChI=1S/C11H12N4O4S/c12-7-1-2-8(11(16)17)9(5-7)20(18,19)15-6-10-13-3-4-14-10/h1-5,15H,6,12H2,(H,13,14)(H,16,17). The molecule has 0 fully saturated rings. The van der Waals surface area contributed by atoms with Crippen molar-refractivity contribution in [3.05, 3.63) is 42.0 Å². The number of hydrogen-bond acceptors (Lipinski definition) is 5. The highest BCUT2D eigenvalue weighted by Crippen LogP contribution is 2.19. The Bertz CT molecular complexity index is 725. The van der Waals surface area contributed by atoms with E-state index in [1.807, 2.05) is 0 Å². The average Bonchev–Trinajstić information content (AvgIpc) is 2.89. The van der Waals surface area contributed by atoms with Crippen LogP contribution in [-0.4, -0.2) is 29.5 Å². The summed E-state index contributed by atoms with van der Waals surface area (Å²) in [6.07, 6.45) is 3.03. The zero-order valence-electron chi connectivity index (χ0n) is 10.2. The van der Waals surface area contributed by atoms with Gasteiger partial charge in [-0.1, -0.05) is 0 Å². The topological polar surface area (TPSA) is 138 Å². The molecule has 0 aliphatic carbocycles. The Morgan fingerprint density at radius 1 is 1.45 bits per heavy atom. The summed E-state index contributed by atoms with van der Waals surface area (Å²) in [5.41, 5.74) is 5.33. The number of hydrogen-bond donors (Lipinski definition) is 4. The lowest BCUT2D eigenvalue weighted by molar-refractivity contribution is 0.0692. The van der Waals surface area contributed by atoms with Gasteiger partial charge in [0.2, 0.25) is 10.0 Å². The van der Waals surface area contributed by atoms with Crippen LogP contribution in [0.2, 0.25) is 0 Å². The molecule has 106 valence electrons. The van der Waals surface area contributed by atoms with Crippen molar-refractivity contribution in [3.63, 3.8) is 0 Å². The monoisotopic (exact) mass is 296 g/mol. The second-order valence-corrected chi connectivity index (χ2v) is 5.66. The summed E-state index contributed by atoms with van der Waals surface area (Å²) in [5.74, 6) is -0.933. The van der Waals surface area contributed by atoms with E-state index < -0.39 is 16.0 Å². The summed E-state index contributed by atoms with van der Waals surface area (Å²) in [4.78, 5) is 17.3. The quantitative estimate of drug-likeness (QED) is 0.580. The van der Waals surface area contributed by atoms with Gasteiger partial charge in [-0.05, 0) is 18.2 Å². The number of carboxylic acids is 1. The van der Waals surface area contributed by atoms with Gasteiger partial charge in [-0.3, -0.25) is 0 Å². The van der Waals surface area contributed by atoms with Crippen LogP contribution in [0.25, 0.3) is 0 Å². The first-order valence-corrected chi connectivity index (χ1v) is 6.99. The molecule has 1 aromatic carbocycles. The fourth-order valence-corrected chi connectivity index (χ4v) is 2.79. The Morgan fingerprint density at radius 2 is 2.20 bits per heavy atom. The molecule has 0 bridgehead atoms. The molecule has 1 heterocycles. The maximum atomic E-state index is 12.1. The number of aromatic amines is 1. The van der Waals surface area contributed by atoms with Crippen LogP contribution >= 0.6 is 0 Å². The first kappa shape index (κ1) is 14.0. The van der Waals surface area contributed by atoms with Crippen molar-refractivity contribution in [2.75, 3.05) is 5.73 Å². The van der Waals surface area contributed by atoms with E-state index in [1.54, 1.807) is 6.20 Å². The van der Waals surface area contributed by atoms with Gasteiger partial charge in [-0.2, -0.15) is 0 Å². The number of aromatic nitrogens is 2. The Balaban J connectivity index is 2.33. The number of benzene rings is 1. The summed E-state index contributed by atoms with van der Waals surface area (Å²) in [7, 11) is -4.01. The lowest BCUT2D eigenvalue weighted by Gasteiger charge is -2.09. The molecular formula is C11H12N4O4S. The van der Waals surface area contributed by atoms with E-state index in [0.29, 0.717) is 5.82 Å². The third kappa shape index (κ3) is 2.95. The van der Waals surface area contributed by atoms with Crippen molar-refractivity contribution in [1.29, 1.82) is 0 Å². The summed E-state index contributed by atoms with van der Waals surface area (Å²) in [5, 5.41) is 9.02. The van der Waals surface area contributed by atoms with Crippen LogP contribution in [0.5, 0.6) is 0 Å². The van der Waals surface area contributed by atoms with Crippen molar-refractivity contribution in [2.45, 2.75) is 11.4 Å². The smallest absolute Gasteiger partial charge is 0.337 e. The first-order valence-electron chi connectivity index (χ1n) is 5.51. The number of imidazole rings is 1. The minimum Gasteiger partial charge on any atom is -0.478 e. The lowest BCUT2D eigenvalue weighted by Crippen LogP contribution is -2.25. The van der Waals surface area contributed by atoms with Crippen molar-refractivity contribution in [1.82, 2.24) is 14.7 Å². The lowest BCUT2D eigenvalue weighted by atomic mass is 10.2. The number of aromatic carboxylic acids is 1. The van der Waals surface area contributed by atoms with Gasteiger partial charge in [0.15, 0.2) is 0 Å². The number of H-pyrrole nitrogens is 1. The molecule has 0 saturated heterocycles. The molecule has 9 heteroatoms. The van der Waals surface area contributed by atoms with Gasteiger partial charge < -0.3 is 15.8 Å². The van der Waals surface area contributed by atoms with E-state index in [4.69, 9.17) is 10.8 Å². The van der Waals surface area contributed by atoms with Crippen molar-refractivity contribution < 1.29 is 18.3 Å². The first-order chi connectivity index (χ1) is 9.40. The number of carbonyl (C=O) groups is 1. The molecule has 5 N–H and O–H groups in total. The number of nitrogen functional groups attached to an aromatic ring is 1. The largest absolute Gasteiger partial charge is 0.478 e. The maximum Gasteiger partial charge on any atom is 0.337 e. The number of carboxylic acid groups (broad SMARTS) is 1. The average molecular weight is 296 g/mol. The van der Waals surface area contributed by atoms with E-state index >= 15 is 0 Å². The molecule has 2 aromatic rings. The van der Waals surface area contributed by atoms with Gasteiger partial charge in [-0.25, -0.2) is 22.9 Å². The van der Waals surface area contributed by atoms with Crippen LogP contribution in [0.4, 0.5) is 5.69 Å². The molecule has 0 aliphatic rings. The Morgan fingerprint density at radius 3 is 2.80 bits per heavy atom. The van der Waals surface area contributed by atoms with E-state index in [2.05, 4.69) is 14.7 Å². The molecule has 0 amide bonds. The zero-order chi connectivity index (χ0) is 14.8. The molecule has 0 radical (unpaired) electrons. The van der Waals surface area contributed by atoms with Gasteiger partial charge in [0.05, 0.1) is 17.0 Å². The van der Waals surface area contributed by atoms with Crippen molar-refractivity contribution >= 4 is 21.7 Å². The molecule has 0 unspecified atom stereocenters. The Labute approximate surface area is 114 Å². The second kappa shape index (κ2) is 5.31. The second-order valence-electron chi connectivity index (χ2n) is 3.92. The summed E-state index contributed by atoms with van der Waals surface area (Å²) < 4.78 is 26.5. The van der Waals surface area contributed by atoms with Crippen LogP contribution in [-0.2, 0) is 16.6 Å². The molecule has 2 rings (SSSR count). The number of nitrogens with two attached hydrogens (primary N) is 1. The van der Waals surface area contributed by atoms with Crippen LogP contribution < -0.4 is 10.5 Å². The third-order valence-electron chi connectivity index (χ3n) is 2.51. The summed E-state index contributed by atoms with van der Waals surface area (Å²) >= 11 is 0. The number of nitrogens with one attached hydrogen (secondary N) is 2. The SMILES string of the molecule is Nc1ccc(C(=O)O)c(S(=O)(=O)NCc2ncc[nH]2)c1. The molecule has 0 aliphatic heterocycles. The fraction of sp³-hybridized carbons (Fsp3) is 0.0909. The van der Waals surface area contributed by atoms with Crippen LogP contribution in [0.15, 0.2) is 35.5 Å². The van der Waals surface area contributed by atoms with Gasteiger partial charge in [0.25, 0.3) is 0 Å². The Hall–Kier alpha value is -2.39. The van der Waals surface area contributed by atoms with Gasteiger partial charge in [0.1, 0.15) is 5.82 Å². The number of sulfonamides is 1.